The highest BCUT2D eigenvalue weighted by molar-refractivity contribution is 5.83. The topological polar surface area (TPSA) is 38.4 Å². The third kappa shape index (κ3) is 2.35. The van der Waals surface area contributed by atoms with E-state index >= 15 is 0 Å². The van der Waals surface area contributed by atoms with Gasteiger partial charge in [-0.2, -0.15) is 0 Å². The van der Waals surface area contributed by atoms with Crippen molar-refractivity contribution in [1.82, 2.24) is 0 Å². The molecule has 0 bridgehead atoms. The van der Waals surface area contributed by atoms with Crippen LogP contribution in [0.25, 0.3) is 0 Å². The smallest absolute Gasteiger partial charge is 0.0971 e. The second-order valence-corrected chi connectivity index (χ2v) is 5.52. The van der Waals surface area contributed by atoms with Crippen molar-refractivity contribution in [2.45, 2.75) is 58.4 Å². The molecule has 0 aromatic rings. The van der Waals surface area contributed by atoms with Crippen molar-refractivity contribution in [3.8, 4) is 0 Å². The molecule has 86 valence electrons. The van der Waals surface area contributed by atoms with E-state index in [1.807, 2.05) is 0 Å². The fraction of sp³-hybridized carbons (Fsp3) is 0.923. The molecule has 0 aromatic carbocycles. The zero-order chi connectivity index (χ0) is 10.8. The highest BCUT2D eigenvalue weighted by Gasteiger charge is 2.30. The largest absolute Gasteiger partial charge is 0.387 e. The Morgan fingerprint density at radius 3 is 2.27 bits per heavy atom. The molecule has 2 nitrogen and oxygen atoms in total. The van der Waals surface area contributed by atoms with Gasteiger partial charge in [0.15, 0.2) is 0 Å². The molecule has 0 aliphatic heterocycles. The number of nitrogens with zero attached hydrogens (tertiary/aromatic N) is 1. The average molecular weight is 208 g/mol. The number of amidine groups is 1. The van der Waals surface area contributed by atoms with Gasteiger partial charge in [0.05, 0.1) is 11.9 Å². The van der Waals surface area contributed by atoms with Crippen molar-refractivity contribution in [2.24, 2.45) is 28.5 Å². The van der Waals surface area contributed by atoms with E-state index in [1.54, 1.807) is 0 Å². The maximum Gasteiger partial charge on any atom is 0.0971 e. The number of nitrogens with two attached hydrogens (primary N) is 1. The summed E-state index contributed by atoms with van der Waals surface area (Å²) in [6, 6.07) is 0.514. The predicted molar refractivity (Wildman–Crippen MR) is 64.9 cm³/mol. The molecule has 0 spiro atoms. The van der Waals surface area contributed by atoms with E-state index in [4.69, 9.17) is 10.7 Å². The maximum absolute atomic E-state index is 6.12. The monoisotopic (exact) mass is 208 g/mol. The van der Waals surface area contributed by atoms with Crippen molar-refractivity contribution in [3.05, 3.63) is 0 Å². The summed E-state index contributed by atoms with van der Waals surface area (Å²) in [6.45, 7) is 4.67. The van der Waals surface area contributed by atoms with Gasteiger partial charge in [0.25, 0.3) is 0 Å². The molecule has 15 heavy (non-hydrogen) atoms. The lowest BCUT2D eigenvalue weighted by Gasteiger charge is -2.17. The molecule has 0 aromatic heterocycles. The van der Waals surface area contributed by atoms with Gasteiger partial charge in [0.2, 0.25) is 0 Å². The van der Waals surface area contributed by atoms with Gasteiger partial charge in [-0.15, -0.1) is 0 Å². The number of aliphatic imine (C=N–C) groups is 1. The van der Waals surface area contributed by atoms with E-state index in [-0.39, 0.29) is 0 Å². The van der Waals surface area contributed by atoms with E-state index < -0.39 is 0 Å². The van der Waals surface area contributed by atoms with Gasteiger partial charge in [-0.3, -0.25) is 4.99 Å². The Balaban J connectivity index is 1.96. The summed E-state index contributed by atoms with van der Waals surface area (Å²) in [5.41, 5.74) is 6.12. The fourth-order valence-corrected chi connectivity index (χ4v) is 3.04. The van der Waals surface area contributed by atoms with Crippen LogP contribution in [0.3, 0.4) is 0 Å². The Morgan fingerprint density at radius 1 is 1.07 bits per heavy atom. The summed E-state index contributed by atoms with van der Waals surface area (Å²) in [5.74, 6) is 3.12. The van der Waals surface area contributed by atoms with Crippen molar-refractivity contribution >= 4 is 5.84 Å². The molecule has 2 heteroatoms. The minimum Gasteiger partial charge on any atom is -0.387 e. The molecule has 0 heterocycles. The first-order valence-electron chi connectivity index (χ1n) is 6.51. The molecule has 3 atom stereocenters. The predicted octanol–water partition coefficient (Wildman–Crippen LogP) is 2.97. The highest BCUT2D eigenvalue weighted by atomic mass is 14.9. The Kier molecular flexibility index (Phi) is 3.32. The summed E-state index contributed by atoms with van der Waals surface area (Å²) >= 11 is 0. The van der Waals surface area contributed by atoms with E-state index in [2.05, 4.69) is 13.8 Å². The van der Waals surface area contributed by atoms with Crippen LogP contribution in [0, 0.1) is 17.8 Å². The van der Waals surface area contributed by atoms with Crippen molar-refractivity contribution in [1.29, 1.82) is 0 Å². The van der Waals surface area contributed by atoms with E-state index in [0.717, 1.165) is 17.7 Å². The maximum atomic E-state index is 6.12. The Morgan fingerprint density at radius 2 is 1.73 bits per heavy atom. The zero-order valence-electron chi connectivity index (χ0n) is 10.1. The normalized spacial score (nSPS) is 38.8. The highest BCUT2D eigenvalue weighted by Crippen LogP contribution is 2.34. The molecule has 3 unspecified atom stereocenters. The summed E-state index contributed by atoms with van der Waals surface area (Å²) in [6.07, 6.45) is 7.80. The first kappa shape index (κ1) is 11.0. The van der Waals surface area contributed by atoms with Gasteiger partial charge >= 0.3 is 0 Å². The molecule has 0 saturated heterocycles. The van der Waals surface area contributed by atoms with E-state index in [0.29, 0.717) is 12.0 Å². The van der Waals surface area contributed by atoms with Crippen LogP contribution < -0.4 is 5.73 Å². The van der Waals surface area contributed by atoms with Gasteiger partial charge in [-0.25, -0.2) is 0 Å². The van der Waals surface area contributed by atoms with E-state index in [1.165, 1.54) is 38.5 Å². The van der Waals surface area contributed by atoms with E-state index in [9.17, 15) is 0 Å². The number of hydrogen-bond acceptors (Lipinski definition) is 1. The zero-order valence-corrected chi connectivity index (χ0v) is 10.1. The quantitative estimate of drug-likeness (QED) is 0.550. The lowest BCUT2D eigenvalue weighted by molar-refractivity contribution is 0.422. The van der Waals surface area contributed by atoms with Crippen LogP contribution in [-0.4, -0.2) is 11.9 Å². The van der Waals surface area contributed by atoms with Gasteiger partial charge < -0.3 is 5.73 Å². The van der Waals surface area contributed by atoms with Crippen molar-refractivity contribution in [3.63, 3.8) is 0 Å². The SMILES string of the molecule is CC1CCC(N=C(N)C2CCCC2)C1C. The van der Waals surface area contributed by atoms with Crippen LogP contribution in [-0.2, 0) is 0 Å². The van der Waals surface area contributed by atoms with Gasteiger partial charge in [0.1, 0.15) is 0 Å². The molecule has 2 aliphatic rings. The second kappa shape index (κ2) is 4.54. The van der Waals surface area contributed by atoms with Crippen LogP contribution in [0.5, 0.6) is 0 Å². The number of rotatable bonds is 2. The summed E-state index contributed by atoms with van der Waals surface area (Å²) in [7, 11) is 0. The molecular weight excluding hydrogens is 184 g/mol. The molecule has 2 rings (SSSR count). The molecule has 0 radical (unpaired) electrons. The third-order valence-electron chi connectivity index (χ3n) is 4.51. The van der Waals surface area contributed by atoms with Crippen molar-refractivity contribution < 1.29 is 0 Å². The van der Waals surface area contributed by atoms with Gasteiger partial charge in [0, 0.05) is 5.92 Å². The lowest BCUT2D eigenvalue weighted by atomic mass is 9.98. The van der Waals surface area contributed by atoms with Crippen LogP contribution in [0.4, 0.5) is 0 Å². The molecule has 2 fully saturated rings. The standard InChI is InChI=1S/C13H24N2/c1-9-7-8-12(10(9)2)15-13(14)11-5-3-4-6-11/h9-12H,3-8H2,1-2H3,(H2,14,15). The molecule has 2 saturated carbocycles. The molecule has 2 aliphatic carbocycles. The fourth-order valence-electron chi connectivity index (χ4n) is 3.04. The Bertz CT molecular complexity index is 241. The number of hydrogen-bond donors (Lipinski definition) is 1. The van der Waals surface area contributed by atoms with Crippen LogP contribution in [0.1, 0.15) is 52.4 Å². The minimum atomic E-state index is 0.514. The van der Waals surface area contributed by atoms with Crippen LogP contribution >= 0.6 is 0 Å². The molecule has 0 amide bonds. The van der Waals surface area contributed by atoms with Crippen LogP contribution in [0.2, 0.25) is 0 Å². The Hall–Kier alpha value is -0.530. The third-order valence-corrected chi connectivity index (χ3v) is 4.51. The Labute approximate surface area is 93.3 Å². The molecule has 2 N–H and O–H groups in total. The first-order valence-corrected chi connectivity index (χ1v) is 6.51. The van der Waals surface area contributed by atoms with Gasteiger partial charge in [-0.1, -0.05) is 26.7 Å². The summed E-state index contributed by atoms with van der Waals surface area (Å²) < 4.78 is 0. The van der Waals surface area contributed by atoms with Crippen LogP contribution in [0.15, 0.2) is 4.99 Å². The molecular formula is C13H24N2. The average Bonchev–Trinajstić information content (AvgIpc) is 2.83. The first-order chi connectivity index (χ1) is 7.18. The minimum absolute atomic E-state index is 0.514. The lowest BCUT2D eigenvalue weighted by Crippen LogP contribution is -2.25. The van der Waals surface area contributed by atoms with Crippen molar-refractivity contribution in [2.75, 3.05) is 0 Å². The summed E-state index contributed by atoms with van der Waals surface area (Å²) in [4.78, 5) is 4.78. The van der Waals surface area contributed by atoms with Gasteiger partial charge in [-0.05, 0) is 37.5 Å². The second-order valence-electron chi connectivity index (χ2n) is 5.52. The summed E-state index contributed by atoms with van der Waals surface area (Å²) in [5, 5.41) is 0.